The molecule has 0 spiro atoms. The third-order valence-corrected chi connectivity index (χ3v) is 11.2. The molecule has 0 radical (unpaired) electrons. The van der Waals surface area contributed by atoms with Crippen molar-refractivity contribution < 1.29 is 4.42 Å². The van der Waals surface area contributed by atoms with Gasteiger partial charge >= 0.3 is 0 Å². The number of para-hydroxylation sites is 4. The summed E-state index contributed by atoms with van der Waals surface area (Å²) in [6.45, 7) is 0. The number of fused-ring (bicyclic) bond motifs is 13. The van der Waals surface area contributed by atoms with E-state index in [1.165, 1.54) is 38.1 Å². The summed E-state index contributed by atoms with van der Waals surface area (Å²) in [5.41, 5.74) is 12.4. The van der Waals surface area contributed by atoms with Crippen LogP contribution in [0.3, 0.4) is 0 Å². The molecule has 0 bridgehead atoms. The molecule has 8 aromatic carbocycles. The van der Waals surface area contributed by atoms with Gasteiger partial charge in [-0.1, -0.05) is 78.9 Å². The fourth-order valence-corrected chi connectivity index (χ4v) is 8.98. The van der Waals surface area contributed by atoms with E-state index in [9.17, 15) is 5.26 Å². The monoisotopic (exact) mass is 688 g/mol. The highest BCUT2D eigenvalue weighted by Gasteiger charge is 2.22. The first-order chi connectivity index (χ1) is 26.7. The normalized spacial score (nSPS) is 12.1. The Morgan fingerprint density at radius 1 is 0.370 bits per heavy atom. The summed E-state index contributed by atoms with van der Waals surface area (Å²) in [6, 6.07) is 62.3. The largest absolute Gasteiger partial charge is 0.456 e. The van der Waals surface area contributed by atoms with Crippen LogP contribution in [0, 0.1) is 11.3 Å². The summed E-state index contributed by atoms with van der Waals surface area (Å²) < 4.78 is 13.7. The van der Waals surface area contributed by atoms with E-state index in [0.717, 1.165) is 66.3 Å². The molecule has 5 nitrogen and oxygen atoms in total. The molecule has 4 aromatic heterocycles. The molecular weight excluding hydrogens is 661 g/mol. The molecule has 0 fully saturated rings. The lowest BCUT2D eigenvalue weighted by atomic mass is 10.1. The maximum absolute atomic E-state index is 9.64. The zero-order chi connectivity index (χ0) is 35.5. The SMILES string of the molecule is N#Cc1ccc2c(c1)c1ccccc1n2-c1ccc2oc3cc(-n4c5ccccc5c5ccc6c(c7ccccc7n6-c6ccccc6)c54)ccc3c2c1. The molecule has 12 aromatic rings. The number of nitrogens with zero attached hydrogens (tertiary/aromatic N) is 4. The lowest BCUT2D eigenvalue weighted by Gasteiger charge is -2.10. The summed E-state index contributed by atoms with van der Waals surface area (Å²) in [5, 5.41) is 18.8. The van der Waals surface area contributed by atoms with Crippen molar-refractivity contribution in [2.45, 2.75) is 0 Å². The van der Waals surface area contributed by atoms with Crippen molar-refractivity contribution in [1.82, 2.24) is 13.7 Å². The van der Waals surface area contributed by atoms with Crippen LogP contribution in [0.5, 0.6) is 0 Å². The van der Waals surface area contributed by atoms with E-state index in [-0.39, 0.29) is 0 Å². The van der Waals surface area contributed by atoms with E-state index in [0.29, 0.717) is 5.56 Å². The van der Waals surface area contributed by atoms with Crippen LogP contribution in [0.25, 0.3) is 104 Å². The Bertz CT molecular complexity index is 3570. The maximum atomic E-state index is 9.64. The summed E-state index contributed by atoms with van der Waals surface area (Å²) in [7, 11) is 0. The zero-order valence-electron chi connectivity index (χ0n) is 28.9. The van der Waals surface area contributed by atoms with E-state index in [4.69, 9.17) is 4.42 Å². The first-order valence-corrected chi connectivity index (χ1v) is 18.2. The Balaban J connectivity index is 1.11. The number of furan rings is 1. The van der Waals surface area contributed by atoms with Crippen LogP contribution >= 0.6 is 0 Å². The lowest BCUT2D eigenvalue weighted by molar-refractivity contribution is 0.668. The lowest BCUT2D eigenvalue weighted by Crippen LogP contribution is -1.95. The van der Waals surface area contributed by atoms with Gasteiger partial charge in [-0.05, 0) is 84.9 Å². The van der Waals surface area contributed by atoms with Crippen LogP contribution in [0.15, 0.2) is 174 Å². The van der Waals surface area contributed by atoms with Gasteiger partial charge in [0.25, 0.3) is 0 Å². The minimum atomic E-state index is 0.656. The second kappa shape index (κ2) is 10.7. The summed E-state index contributed by atoms with van der Waals surface area (Å²) in [4.78, 5) is 0. The van der Waals surface area contributed by atoms with Crippen molar-refractivity contribution in [2.24, 2.45) is 0 Å². The summed E-state index contributed by atoms with van der Waals surface area (Å²) >= 11 is 0. The van der Waals surface area contributed by atoms with Crippen LogP contribution < -0.4 is 0 Å². The highest BCUT2D eigenvalue weighted by molar-refractivity contribution is 6.26. The first-order valence-electron chi connectivity index (χ1n) is 18.2. The predicted molar refractivity (Wildman–Crippen MR) is 221 cm³/mol. The zero-order valence-corrected chi connectivity index (χ0v) is 28.9. The minimum Gasteiger partial charge on any atom is -0.456 e. The molecule has 0 saturated carbocycles. The molecule has 5 heteroatoms. The molecule has 0 aliphatic rings. The van der Waals surface area contributed by atoms with Gasteiger partial charge in [0.05, 0.1) is 44.7 Å². The second-order valence-corrected chi connectivity index (χ2v) is 14.1. The number of hydrogen-bond acceptors (Lipinski definition) is 2. The van der Waals surface area contributed by atoms with Gasteiger partial charge in [0.2, 0.25) is 0 Å². The second-order valence-electron chi connectivity index (χ2n) is 14.1. The summed E-state index contributed by atoms with van der Waals surface area (Å²) in [6.07, 6.45) is 0. The Hall–Kier alpha value is -7.55. The van der Waals surface area contributed by atoms with Crippen molar-refractivity contribution in [3.8, 4) is 23.1 Å². The van der Waals surface area contributed by atoms with Crippen molar-refractivity contribution in [2.75, 3.05) is 0 Å². The van der Waals surface area contributed by atoms with Gasteiger partial charge in [-0.3, -0.25) is 0 Å². The fourth-order valence-electron chi connectivity index (χ4n) is 8.98. The van der Waals surface area contributed by atoms with Gasteiger partial charge in [-0.15, -0.1) is 0 Å². The van der Waals surface area contributed by atoms with E-state index in [1.807, 2.05) is 12.1 Å². The van der Waals surface area contributed by atoms with Crippen LogP contribution in [-0.2, 0) is 0 Å². The van der Waals surface area contributed by atoms with E-state index < -0.39 is 0 Å². The van der Waals surface area contributed by atoms with Gasteiger partial charge in [0, 0.05) is 66.2 Å². The highest BCUT2D eigenvalue weighted by atomic mass is 16.3. The molecular formula is C49H28N4O. The molecule has 0 unspecified atom stereocenters. The summed E-state index contributed by atoms with van der Waals surface area (Å²) in [5.74, 6) is 0. The molecule has 0 saturated heterocycles. The van der Waals surface area contributed by atoms with E-state index in [1.54, 1.807) is 0 Å². The Morgan fingerprint density at radius 3 is 1.76 bits per heavy atom. The molecule has 250 valence electrons. The molecule has 12 rings (SSSR count). The van der Waals surface area contributed by atoms with Crippen LogP contribution in [0.4, 0.5) is 0 Å². The number of hydrogen-bond donors (Lipinski definition) is 0. The molecule has 0 aliphatic carbocycles. The number of nitriles is 1. The van der Waals surface area contributed by atoms with Crippen LogP contribution in [0.2, 0.25) is 0 Å². The number of benzene rings is 8. The van der Waals surface area contributed by atoms with Crippen molar-refractivity contribution in [3.63, 3.8) is 0 Å². The molecule has 0 N–H and O–H groups in total. The molecule has 0 atom stereocenters. The Kier molecular flexibility index (Phi) is 5.78. The highest BCUT2D eigenvalue weighted by Crippen LogP contribution is 2.43. The smallest absolute Gasteiger partial charge is 0.137 e. The first kappa shape index (κ1) is 29.1. The van der Waals surface area contributed by atoms with Crippen molar-refractivity contribution in [3.05, 3.63) is 175 Å². The predicted octanol–water partition coefficient (Wildman–Crippen LogP) is 12.7. The van der Waals surface area contributed by atoms with Gasteiger partial charge in [-0.2, -0.15) is 5.26 Å². The topological polar surface area (TPSA) is 51.7 Å². The Labute approximate surface area is 308 Å². The van der Waals surface area contributed by atoms with Crippen molar-refractivity contribution >= 4 is 87.4 Å². The van der Waals surface area contributed by atoms with Crippen molar-refractivity contribution in [1.29, 1.82) is 5.26 Å². The third-order valence-electron chi connectivity index (χ3n) is 11.2. The average molecular weight is 689 g/mol. The standard InChI is InChI=1S/C49H28N4O/c50-29-30-18-23-44-39(26-30)35-13-5-7-15-41(35)52(44)32-20-25-46-40(27-32)36-21-19-33(28-47(36)54-46)53-42-16-8-4-12-34(42)37-22-24-45-48(49(37)53)38-14-6-9-17-43(38)51(45)31-10-2-1-3-11-31/h1-28H. The van der Waals surface area contributed by atoms with Crippen LogP contribution in [0.1, 0.15) is 5.56 Å². The molecule has 54 heavy (non-hydrogen) atoms. The molecule has 4 heterocycles. The maximum Gasteiger partial charge on any atom is 0.137 e. The van der Waals surface area contributed by atoms with E-state index in [2.05, 4.69) is 177 Å². The number of rotatable bonds is 3. The van der Waals surface area contributed by atoms with Gasteiger partial charge in [0.1, 0.15) is 11.2 Å². The molecule has 0 amide bonds. The third kappa shape index (κ3) is 3.86. The Morgan fingerprint density at radius 2 is 0.963 bits per heavy atom. The van der Waals surface area contributed by atoms with Crippen LogP contribution in [-0.4, -0.2) is 13.7 Å². The quantitative estimate of drug-likeness (QED) is 0.185. The average Bonchev–Trinajstić information content (AvgIpc) is 3.96. The molecule has 0 aliphatic heterocycles. The fraction of sp³-hybridized carbons (Fsp3) is 0. The van der Waals surface area contributed by atoms with E-state index >= 15 is 0 Å². The van der Waals surface area contributed by atoms with Gasteiger partial charge < -0.3 is 18.1 Å². The number of aromatic nitrogens is 3. The van der Waals surface area contributed by atoms with Gasteiger partial charge in [0.15, 0.2) is 0 Å². The van der Waals surface area contributed by atoms with Gasteiger partial charge in [-0.25, -0.2) is 0 Å². The minimum absolute atomic E-state index is 0.656.